The van der Waals surface area contributed by atoms with Gasteiger partial charge in [-0.15, -0.1) is 10.2 Å². The van der Waals surface area contributed by atoms with Gasteiger partial charge in [0.15, 0.2) is 0 Å². The Kier molecular flexibility index (Phi) is 7.89. The van der Waals surface area contributed by atoms with Crippen LogP contribution in [0.3, 0.4) is 0 Å². The zero-order valence-corrected chi connectivity index (χ0v) is 30.6. The molecule has 0 radical (unpaired) electrons. The predicted molar refractivity (Wildman–Crippen MR) is 225 cm³/mol. The maximum absolute atomic E-state index is 6.59. The van der Waals surface area contributed by atoms with Gasteiger partial charge >= 0.3 is 0 Å². The summed E-state index contributed by atoms with van der Waals surface area (Å²) >= 11 is 3.65. The molecule has 0 aliphatic carbocycles. The van der Waals surface area contributed by atoms with Gasteiger partial charge in [0.05, 0.1) is 5.69 Å². The van der Waals surface area contributed by atoms with Crippen molar-refractivity contribution in [3.05, 3.63) is 193 Å². The molecule has 10 rings (SSSR count). The normalized spacial score (nSPS) is 11.4. The van der Waals surface area contributed by atoms with Crippen molar-refractivity contribution in [2.24, 2.45) is 0 Å². The number of aromatic nitrogens is 3. The summed E-state index contributed by atoms with van der Waals surface area (Å²) in [5.74, 6) is 0. The SMILES string of the molecule is Brc1ccc2c(c1)oc1c(-c3ccccc3)cc(-c3cc(-c4ccccc4)cc(N(c4ccccc4)c4ccc5nn(-c6ccccc6)nc5c4)c3)cc12. The summed E-state index contributed by atoms with van der Waals surface area (Å²) in [4.78, 5) is 4.01. The topological polar surface area (TPSA) is 47.1 Å². The van der Waals surface area contributed by atoms with Gasteiger partial charge in [-0.1, -0.05) is 113 Å². The minimum Gasteiger partial charge on any atom is -0.455 e. The molecular formula is C48H31BrN4O. The third kappa shape index (κ3) is 5.83. The molecule has 0 saturated carbocycles. The Labute approximate surface area is 320 Å². The monoisotopic (exact) mass is 758 g/mol. The molecule has 5 nitrogen and oxygen atoms in total. The fourth-order valence-electron chi connectivity index (χ4n) is 7.30. The molecule has 0 bridgehead atoms. The number of anilines is 3. The van der Waals surface area contributed by atoms with Crippen LogP contribution in [0, 0.1) is 0 Å². The van der Waals surface area contributed by atoms with Gasteiger partial charge in [-0.2, -0.15) is 4.80 Å². The molecule has 10 aromatic rings. The summed E-state index contributed by atoms with van der Waals surface area (Å²) in [7, 11) is 0. The average molecular weight is 760 g/mol. The number of halogens is 1. The highest BCUT2D eigenvalue weighted by Crippen LogP contribution is 2.44. The molecule has 0 aliphatic rings. The summed E-state index contributed by atoms with van der Waals surface area (Å²) < 4.78 is 7.58. The van der Waals surface area contributed by atoms with Gasteiger partial charge in [0, 0.05) is 37.9 Å². The van der Waals surface area contributed by atoms with Crippen LogP contribution in [0.15, 0.2) is 197 Å². The molecule has 0 unspecified atom stereocenters. The van der Waals surface area contributed by atoms with Crippen LogP contribution in [0.5, 0.6) is 0 Å². The Morgan fingerprint density at radius 3 is 1.81 bits per heavy atom. The van der Waals surface area contributed by atoms with E-state index in [1.54, 1.807) is 4.80 Å². The predicted octanol–water partition coefficient (Wildman–Crippen LogP) is 13.6. The zero-order chi connectivity index (χ0) is 36.0. The molecule has 2 heterocycles. The van der Waals surface area contributed by atoms with Crippen molar-refractivity contribution in [3.63, 3.8) is 0 Å². The first-order chi connectivity index (χ1) is 26.6. The fraction of sp³-hybridized carbons (Fsp3) is 0. The second-order valence-electron chi connectivity index (χ2n) is 13.3. The van der Waals surface area contributed by atoms with Crippen molar-refractivity contribution >= 4 is 66.0 Å². The molecule has 0 amide bonds. The highest BCUT2D eigenvalue weighted by atomic mass is 79.9. The summed E-state index contributed by atoms with van der Waals surface area (Å²) in [5, 5.41) is 11.9. The lowest BCUT2D eigenvalue weighted by Gasteiger charge is -2.27. The first-order valence-electron chi connectivity index (χ1n) is 17.8. The second-order valence-corrected chi connectivity index (χ2v) is 14.2. The summed E-state index contributed by atoms with van der Waals surface area (Å²) in [6.45, 7) is 0. The average Bonchev–Trinajstić information content (AvgIpc) is 3.83. The zero-order valence-electron chi connectivity index (χ0n) is 29.0. The molecule has 0 spiro atoms. The molecular weight excluding hydrogens is 728 g/mol. The van der Waals surface area contributed by atoms with E-state index in [1.807, 2.05) is 42.5 Å². The first kappa shape index (κ1) is 31.9. The number of para-hydroxylation sites is 2. The van der Waals surface area contributed by atoms with Gasteiger partial charge in [0.25, 0.3) is 0 Å². The number of hydrogen-bond acceptors (Lipinski definition) is 4. The van der Waals surface area contributed by atoms with Crippen LogP contribution in [-0.4, -0.2) is 15.0 Å². The maximum Gasteiger partial charge on any atom is 0.143 e. The van der Waals surface area contributed by atoms with Gasteiger partial charge < -0.3 is 9.32 Å². The number of nitrogens with zero attached hydrogens (tertiary/aromatic N) is 4. The smallest absolute Gasteiger partial charge is 0.143 e. The number of rotatable bonds is 7. The largest absolute Gasteiger partial charge is 0.455 e. The lowest BCUT2D eigenvalue weighted by atomic mass is 9.93. The van der Waals surface area contributed by atoms with E-state index in [1.165, 1.54) is 0 Å². The van der Waals surface area contributed by atoms with Crippen LogP contribution in [0.1, 0.15) is 0 Å². The summed E-state index contributed by atoms with van der Waals surface area (Å²) in [6.07, 6.45) is 0. The third-order valence-electron chi connectivity index (χ3n) is 9.86. The number of hydrogen-bond donors (Lipinski definition) is 0. The van der Waals surface area contributed by atoms with Crippen molar-refractivity contribution in [2.75, 3.05) is 4.90 Å². The van der Waals surface area contributed by atoms with Crippen LogP contribution in [0.25, 0.3) is 72.0 Å². The quantitative estimate of drug-likeness (QED) is 0.162. The molecule has 2 aromatic heterocycles. The Morgan fingerprint density at radius 1 is 0.444 bits per heavy atom. The summed E-state index contributed by atoms with van der Waals surface area (Å²) in [5.41, 5.74) is 13.9. The maximum atomic E-state index is 6.59. The second kappa shape index (κ2) is 13.3. The Balaban J connectivity index is 1.21. The summed E-state index contributed by atoms with van der Waals surface area (Å²) in [6, 6.07) is 65.6. The Bertz CT molecular complexity index is 2940. The van der Waals surface area contributed by atoms with Crippen LogP contribution >= 0.6 is 15.9 Å². The van der Waals surface area contributed by atoms with Gasteiger partial charge in [-0.05, 0) is 119 Å². The molecule has 0 saturated heterocycles. The van der Waals surface area contributed by atoms with E-state index in [0.29, 0.717) is 0 Å². The van der Waals surface area contributed by atoms with Crippen molar-refractivity contribution in [1.82, 2.24) is 15.0 Å². The molecule has 0 aliphatic heterocycles. The van der Waals surface area contributed by atoms with Gasteiger partial charge in [0.2, 0.25) is 0 Å². The van der Waals surface area contributed by atoms with Gasteiger partial charge in [-0.3, -0.25) is 0 Å². The molecule has 6 heteroatoms. The van der Waals surface area contributed by atoms with Crippen molar-refractivity contribution in [3.8, 4) is 39.1 Å². The van der Waals surface area contributed by atoms with E-state index in [9.17, 15) is 0 Å². The van der Waals surface area contributed by atoms with E-state index in [4.69, 9.17) is 14.6 Å². The third-order valence-corrected chi connectivity index (χ3v) is 10.4. The molecule has 256 valence electrons. The van der Waals surface area contributed by atoms with Crippen molar-refractivity contribution in [1.29, 1.82) is 0 Å². The minimum atomic E-state index is 0.813. The number of benzene rings is 8. The van der Waals surface area contributed by atoms with E-state index in [2.05, 4.69) is 166 Å². The highest BCUT2D eigenvalue weighted by Gasteiger charge is 2.20. The Hall–Kier alpha value is -6.76. The van der Waals surface area contributed by atoms with Gasteiger partial charge in [0.1, 0.15) is 22.2 Å². The molecule has 8 aromatic carbocycles. The lowest BCUT2D eigenvalue weighted by Crippen LogP contribution is -2.10. The van der Waals surface area contributed by atoms with Crippen LogP contribution < -0.4 is 4.90 Å². The molecule has 0 fully saturated rings. The van der Waals surface area contributed by atoms with Crippen LogP contribution in [-0.2, 0) is 0 Å². The van der Waals surface area contributed by atoms with Crippen molar-refractivity contribution < 1.29 is 4.42 Å². The van der Waals surface area contributed by atoms with Crippen molar-refractivity contribution in [2.45, 2.75) is 0 Å². The first-order valence-corrected chi connectivity index (χ1v) is 18.6. The lowest BCUT2D eigenvalue weighted by molar-refractivity contribution is 0.670. The highest BCUT2D eigenvalue weighted by molar-refractivity contribution is 9.10. The van der Waals surface area contributed by atoms with Crippen LogP contribution in [0.2, 0.25) is 0 Å². The van der Waals surface area contributed by atoms with Gasteiger partial charge in [-0.25, -0.2) is 0 Å². The molecule has 54 heavy (non-hydrogen) atoms. The number of furan rings is 1. The van der Waals surface area contributed by atoms with E-state index in [-0.39, 0.29) is 0 Å². The van der Waals surface area contributed by atoms with E-state index < -0.39 is 0 Å². The number of fused-ring (bicyclic) bond motifs is 4. The molecule has 0 N–H and O–H groups in total. The fourth-order valence-corrected chi connectivity index (χ4v) is 7.64. The minimum absolute atomic E-state index is 0.813. The van der Waals surface area contributed by atoms with E-state index in [0.717, 1.165) is 93.6 Å². The van der Waals surface area contributed by atoms with Crippen LogP contribution in [0.4, 0.5) is 17.1 Å². The molecule has 0 atom stereocenters. The standard InChI is InChI=1S/C48H31BrN4O/c49-37-21-23-42-44-29-36(28-43(33-15-7-2-8-16-33)48(44)54-47(42)30-37)35-25-34(32-13-5-1-6-14-32)26-41(27-35)52(38-17-9-3-10-18-38)40-22-24-45-46(31-40)51-53(50-45)39-19-11-4-12-20-39/h1-31H. The van der Waals surface area contributed by atoms with E-state index >= 15 is 0 Å². The Morgan fingerprint density at radius 2 is 1.07 bits per heavy atom.